The van der Waals surface area contributed by atoms with Crippen LogP contribution in [0, 0.1) is 13.8 Å². The van der Waals surface area contributed by atoms with Crippen molar-refractivity contribution in [3.05, 3.63) is 63.7 Å². The van der Waals surface area contributed by atoms with Crippen LogP contribution in [0.2, 0.25) is 5.02 Å². The van der Waals surface area contributed by atoms with E-state index < -0.39 is 6.10 Å². The summed E-state index contributed by atoms with van der Waals surface area (Å²) in [5.41, 5.74) is 3.89. The first-order chi connectivity index (χ1) is 9.52. The van der Waals surface area contributed by atoms with E-state index in [4.69, 9.17) is 16.3 Å². The minimum Gasteiger partial charge on any atom is -0.496 e. The van der Waals surface area contributed by atoms with Crippen molar-refractivity contribution >= 4 is 11.6 Å². The number of aliphatic hydroxyl groups is 1. The van der Waals surface area contributed by atoms with Crippen LogP contribution in [0.5, 0.6) is 5.75 Å². The minimum absolute atomic E-state index is 0.520. The van der Waals surface area contributed by atoms with Crippen molar-refractivity contribution in [2.24, 2.45) is 0 Å². The molecular weight excluding hydrogens is 272 g/mol. The summed E-state index contributed by atoms with van der Waals surface area (Å²) in [6, 6.07) is 11.6. The second-order valence-electron chi connectivity index (χ2n) is 4.99. The van der Waals surface area contributed by atoms with E-state index in [-0.39, 0.29) is 0 Å². The highest BCUT2D eigenvalue weighted by molar-refractivity contribution is 6.31. The van der Waals surface area contributed by atoms with Crippen LogP contribution in [0.4, 0.5) is 0 Å². The van der Waals surface area contributed by atoms with Gasteiger partial charge in [0.1, 0.15) is 5.75 Å². The second kappa shape index (κ2) is 6.29. The quantitative estimate of drug-likeness (QED) is 0.912. The fourth-order valence-corrected chi connectivity index (χ4v) is 2.57. The average molecular weight is 291 g/mol. The Kier molecular flexibility index (Phi) is 4.69. The molecule has 1 atom stereocenters. The molecule has 0 fully saturated rings. The largest absolute Gasteiger partial charge is 0.496 e. The van der Waals surface area contributed by atoms with Crippen molar-refractivity contribution in [1.29, 1.82) is 0 Å². The summed E-state index contributed by atoms with van der Waals surface area (Å²) in [5.74, 6) is 0.801. The Morgan fingerprint density at radius 2 is 1.85 bits per heavy atom. The molecule has 2 rings (SSSR count). The van der Waals surface area contributed by atoms with Gasteiger partial charge < -0.3 is 9.84 Å². The lowest BCUT2D eigenvalue weighted by Gasteiger charge is -2.17. The maximum Gasteiger partial charge on any atom is 0.122 e. The van der Waals surface area contributed by atoms with Gasteiger partial charge in [0.2, 0.25) is 0 Å². The van der Waals surface area contributed by atoms with E-state index in [2.05, 4.69) is 0 Å². The van der Waals surface area contributed by atoms with Gasteiger partial charge in [-0.05, 0) is 48.2 Å². The molecule has 0 heterocycles. The van der Waals surface area contributed by atoms with Crippen molar-refractivity contribution in [3.8, 4) is 5.75 Å². The van der Waals surface area contributed by atoms with E-state index in [0.717, 1.165) is 33.0 Å². The molecular formula is C17H19ClO2. The minimum atomic E-state index is -0.567. The lowest BCUT2D eigenvalue weighted by molar-refractivity contribution is 0.176. The SMILES string of the molecule is COc1ccccc1CC(O)c1cc(C)c(Cl)cc1C. The molecule has 0 aliphatic rings. The summed E-state index contributed by atoms with van der Waals surface area (Å²) in [6.45, 7) is 3.91. The molecule has 2 nitrogen and oxygen atoms in total. The van der Waals surface area contributed by atoms with Crippen LogP contribution >= 0.6 is 11.6 Å². The molecule has 3 heteroatoms. The molecule has 2 aromatic carbocycles. The summed E-state index contributed by atoms with van der Waals surface area (Å²) in [7, 11) is 1.64. The van der Waals surface area contributed by atoms with Gasteiger partial charge in [-0.2, -0.15) is 0 Å². The maximum absolute atomic E-state index is 10.5. The van der Waals surface area contributed by atoms with Gasteiger partial charge in [-0.1, -0.05) is 35.9 Å². The Morgan fingerprint density at radius 3 is 2.55 bits per heavy atom. The third-order valence-corrected chi connectivity index (χ3v) is 3.92. The number of benzene rings is 2. The van der Waals surface area contributed by atoms with Gasteiger partial charge in [-0.15, -0.1) is 0 Å². The lowest BCUT2D eigenvalue weighted by Crippen LogP contribution is -2.05. The van der Waals surface area contributed by atoms with Gasteiger partial charge in [0.15, 0.2) is 0 Å². The first-order valence-electron chi connectivity index (χ1n) is 6.59. The smallest absolute Gasteiger partial charge is 0.122 e. The highest BCUT2D eigenvalue weighted by Gasteiger charge is 2.15. The Hall–Kier alpha value is -1.51. The predicted molar refractivity (Wildman–Crippen MR) is 82.6 cm³/mol. The number of aryl methyl sites for hydroxylation is 2. The van der Waals surface area contributed by atoms with E-state index in [1.165, 1.54) is 0 Å². The fraction of sp³-hybridized carbons (Fsp3) is 0.294. The molecule has 1 N–H and O–H groups in total. The van der Waals surface area contributed by atoms with E-state index in [1.54, 1.807) is 7.11 Å². The Balaban J connectivity index is 2.28. The zero-order valence-corrected chi connectivity index (χ0v) is 12.7. The number of hydrogen-bond acceptors (Lipinski definition) is 2. The van der Waals surface area contributed by atoms with Crippen LogP contribution in [0.3, 0.4) is 0 Å². The van der Waals surface area contributed by atoms with Gasteiger partial charge in [0, 0.05) is 11.4 Å². The summed E-state index contributed by atoms with van der Waals surface area (Å²) < 4.78 is 5.32. The molecule has 0 amide bonds. The molecule has 0 saturated carbocycles. The number of halogens is 1. The maximum atomic E-state index is 10.5. The summed E-state index contributed by atoms with van der Waals surface area (Å²) in [5, 5.41) is 11.2. The topological polar surface area (TPSA) is 29.5 Å². The predicted octanol–water partition coefficient (Wildman–Crippen LogP) is 4.24. The van der Waals surface area contributed by atoms with Crippen molar-refractivity contribution in [2.75, 3.05) is 7.11 Å². The van der Waals surface area contributed by atoms with E-state index in [1.807, 2.05) is 50.2 Å². The van der Waals surface area contributed by atoms with Crippen LogP contribution in [0.1, 0.15) is 28.4 Å². The van der Waals surface area contributed by atoms with Crippen molar-refractivity contribution in [1.82, 2.24) is 0 Å². The van der Waals surface area contributed by atoms with E-state index in [0.29, 0.717) is 6.42 Å². The molecule has 0 radical (unpaired) electrons. The van der Waals surface area contributed by atoms with Crippen molar-refractivity contribution in [3.63, 3.8) is 0 Å². The highest BCUT2D eigenvalue weighted by atomic mass is 35.5. The average Bonchev–Trinajstić information content (AvgIpc) is 2.43. The van der Waals surface area contributed by atoms with E-state index in [9.17, 15) is 5.11 Å². The standard InChI is InChI=1S/C17H19ClO2/c1-11-9-15(18)12(2)8-14(11)16(19)10-13-6-4-5-7-17(13)20-3/h4-9,16,19H,10H2,1-3H3. The molecule has 1 unspecified atom stereocenters. The van der Waals surface area contributed by atoms with Crippen LogP contribution < -0.4 is 4.74 Å². The Labute approximate surface area is 125 Å². The summed E-state index contributed by atoms with van der Waals surface area (Å²) >= 11 is 6.10. The van der Waals surface area contributed by atoms with Crippen LogP contribution in [-0.4, -0.2) is 12.2 Å². The summed E-state index contributed by atoms with van der Waals surface area (Å²) in [4.78, 5) is 0. The first kappa shape index (κ1) is 14.9. The molecule has 0 aliphatic carbocycles. The molecule has 2 aromatic rings. The first-order valence-corrected chi connectivity index (χ1v) is 6.97. The molecule has 0 spiro atoms. The van der Waals surface area contributed by atoms with Crippen LogP contribution in [0.15, 0.2) is 36.4 Å². The Bertz CT molecular complexity index is 608. The molecule has 20 heavy (non-hydrogen) atoms. The zero-order valence-electron chi connectivity index (χ0n) is 12.0. The zero-order chi connectivity index (χ0) is 14.7. The van der Waals surface area contributed by atoms with Gasteiger partial charge >= 0.3 is 0 Å². The van der Waals surface area contributed by atoms with Crippen molar-refractivity contribution in [2.45, 2.75) is 26.4 Å². The monoisotopic (exact) mass is 290 g/mol. The summed E-state index contributed by atoms with van der Waals surface area (Å²) in [6.07, 6.45) is -0.0476. The Morgan fingerprint density at radius 1 is 1.15 bits per heavy atom. The highest BCUT2D eigenvalue weighted by Crippen LogP contribution is 2.29. The molecule has 0 bridgehead atoms. The number of aliphatic hydroxyl groups excluding tert-OH is 1. The second-order valence-corrected chi connectivity index (χ2v) is 5.40. The van der Waals surface area contributed by atoms with E-state index >= 15 is 0 Å². The number of ether oxygens (including phenoxy) is 1. The third-order valence-electron chi connectivity index (χ3n) is 3.51. The van der Waals surface area contributed by atoms with Crippen LogP contribution in [0.25, 0.3) is 0 Å². The third kappa shape index (κ3) is 3.14. The lowest BCUT2D eigenvalue weighted by atomic mass is 9.96. The van der Waals surface area contributed by atoms with Gasteiger partial charge in [0.25, 0.3) is 0 Å². The number of hydrogen-bond donors (Lipinski definition) is 1. The van der Waals surface area contributed by atoms with Gasteiger partial charge in [0.05, 0.1) is 13.2 Å². The number of methoxy groups -OCH3 is 1. The van der Waals surface area contributed by atoms with Crippen molar-refractivity contribution < 1.29 is 9.84 Å². The van der Waals surface area contributed by atoms with Gasteiger partial charge in [-0.25, -0.2) is 0 Å². The fourth-order valence-electron chi connectivity index (χ4n) is 2.35. The molecule has 0 saturated heterocycles. The van der Waals surface area contributed by atoms with Crippen LogP contribution in [-0.2, 0) is 6.42 Å². The molecule has 106 valence electrons. The number of rotatable bonds is 4. The van der Waals surface area contributed by atoms with Gasteiger partial charge in [-0.3, -0.25) is 0 Å². The number of para-hydroxylation sites is 1. The molecule has 0 aliphatic heterocycles. The normalized spacial score (nSPS) is 12.2. The molecule has 0 aromatic heterocycles.